The van der Waals surface area contributed by atoms with Crippen LogP contribution in [-0.4, -0.2) is 28.8 Å². The summed E-state index contributed by atoms with van der Waals surface area (Å²) in [7, 11) is 0. The summed E-state index contributed by atoms with van der Waals surface area (Å²) in [5.41, 5.74) is 0.173. The molecule has 0 aliphatic carbocycles. The predicted octanol–water partition coefficient (Wildman–Crippen LogP) is 3.36. The Morgan fingerprint density at radius 1 is 0.946 bits per heavy atom. The molecule has 0 atom stereocenters. The first kappa shape index (κ1) is 23.4. The Hall–Kier alpha value is -5.32. The van der Waals surface area contributed by atoms with Crippen molar-refractivity contribution < 1.29 is 9.34 Å². The molecule has 11 heteroatoms. The number of pyridine rings is 1. The number of benzene rings is 1. The van der Waals surface area contributed by atoms with Crippen molar-refractivity contribution in [1.82, 2.24) is 23.9 Å². The highest BCUT2D eigenvalue weighted by atomic mass is 16.6. The van der Waals surface area contributed by atoms with E-state index in [1.54, 1.807) is 53.7 Å². The van der Waals surface area contributed by atoms with Gasteiger partial charge >= 0.3 is 16.9 Å². The highest BCUT2D eigenvalue weighted by molar-refractivity contribution is 5.71. The van der Waals surface area contributed by atoms with Gasteiger partial charge in [0.1, 0.15) is 5.69 Å². The normalized spacial score (nSPS) is 11.2. The minimum atomic E-state index is -0.998. The van der Waals surface area contributed by atoms with E-state index in [4.69, 9.17) is 4.42 Å². The van der Waals surface area contributed by atoms with E-state index in [-0.39, 0.29) is 18.8 Å². The van der Waals surface area contributed by atoms with Crippen LogP contribution in [0.15, 0.2) is 99.9 Å². The molecule has 0 bridgehead atoms. The van der Waals surface area contributed by atoms with Crippen molar-refractivity contribution in [2.24, 2.45) is 0 Å². The van der Waals surface area contributed by atoms with Gasteiger partial charge in [-0.05, 0) is 48.0 Å². The van der Waals surface area contributed by atoms with Gasteiger partial charge in [-0.1, -0.05) is 18.2 Å². The Kier molecular flexibility index (Phi) is 6.41. The van der Waals surface area contributed by atoms with Crippen LogP contribution >= 0.6 is 0 Å². The van der Waals surface area contributed by atoms with Crippen molar-refractivity contribution in [2.75, 3.05) is 0 Å². The number of rotatable bonds is 8. The Labute approximate surface area is 209 Å². The van der Waals surface area contributed by atoms with Gasteiger partial charge in [-0.2, -0.15) is 5.10 Å². The van der Waals surface area contributed by atoms with Gasteiger partial charge < -0.3 is 4.42 Å². The Balaban J connectivity index is 1.64. The van der Waals surface area contributed by atoms with Gasteiger partial charge in [0.2, 0.25) is 0 Å². The summed E-state index contributed by atoms with van der Waals surface area (Å²) in [5, 5.41) is 16.4. The lowest BCUT2D eigenvalue weighted by Crippen LogP contribution is -2.42. The quantitative estimate of drug-likeness (QED) is 0.238. The van der Waals surface area contributed by atoms with Crippen molar-refractivity contribution in [1.29, 1.82) is 0 Å². The topological polar surface area (TPSA) is 131 Å². The second-order valence-corrected chi connectivity index (χ2v) is 8.13. The van der Waals surface area contributed by atoms with Gasteiger partial charge in [-0.15, -0.1) is 0 Å². The second-order valence-electron chi connectivity index (χ2n) is 8.13. The molecule has 5 rings (SSSR count). The summed E-state index contributed by atoms with van der Waals surface area (Å²) in [5.74, 6) is 0. The standard InChI is InChI=1S/C26H20N6O5/c33-25-24(32(35)36)23(7-6-20-14-28-31(17-20)22-4-2-1-3-5-22)29(15-19-8-11-27-12-9-19)26(34)30(25)16-21-10-13-37-18-21/h1-14,17-18H,15-16H2. The third-order valence-electron chi connectivity index (χ3n) is 5.69. The first-order chi connectivity index (χ1) is 18.0. The van der Waals surface area contributed by atoms with Gasteiger partial charge in [0.15, 0.2) is 0 Å². The van der Waals surface area contributed by atoms with Crippen molar-refractivity contribution >= 4 is 17.8 Å². The summed E-state index contributed by atoms with van der Waals surface area (Å²) in [6.07, 6.45) is 12.2. The van der Waals surface area contributed by atoms with E-state index in [2.05, 4.69) is 10.1 Å². The lowest BCUT2D eigenvalue weighted by molar-refractivity contribution is -0.387. The van der Waals surface area contributed by atoms with Crippen molar-refractivity contribution in [3.63, 3.8) is 0 Å². The zero-order valence-electron chi connectivity index (χ0n) is 19.4. The molecule has 0 saturated heterocycles. The maximum Gasteiger partial charge on any atom is 0.357 e. The number of nitro groups is 1. The molecule has 5 aromatic rings. The Morgan fingerprint density at radius 3 is 2.41 bits per heavy atom. The van der Waals surface area contributed by atoms with Crippen LogP contribution in [0.3, 0.4) is 0 Å². The van der Waals surface area contributed by atoms with E-state index in [1.807, 2.05) is 30.3 Å². The van der Waals surface area contributed by atoms with Crippen molar-refractivity contribution in [3.8, 4) is 5.69 Å². The largest absolute Gasteiger partial charge is 0.472 e. The summed E-state index contributed by atoms with van der Waals surface area (Å²) in [6.45, 7) is -0.171. The maximum absolute atomic E-state index is 13.5. The third kappa shape index (κ3) is 4.91. The number of aromatic nitrogens is 5. The lowest BCUT2D eigenvalue weighted by Gasteiger charge is -2.14. The second kappa shape index (κ2) is 10.1. The molecular weight excluding hydrogens is 476 g/mol. The summed E-state index contributed by atoms with van der Waals surface area (Å²) in [6, 6.07) is 14.4. The van der Waals surface area contributed by atoms with Gasteiger partial charge in [0.25, 0.3) is 0 Å². The minimum absolute atomic E-state index is 0.00316. The highest BCUT2D eigenvalue weighted by Gasteiger charge is 2.27. The van der Waals surface area contributed by atoms with Crippen molar-refractivity contribution in [3.05, 3.63) is 139 Å². The molecule has 0 aliphatic heterocycles. The first-order valence-electron chi connectivity index (χ1n) is 11.2. The van der Waals surface area contributed by atoms with Crippen LogP contribution in [0, 0.1) is 10.1 Å². The van der Waals surface area contributed by atoms with E-state index in [9.17, 15) is 19.7 Å². The average Bonchev–Trinajstić information content (AvgIpc) is 3.60. The Morgan fingerprint density at radius 2 is 1.70 bits per heavy atom. The molecule has 11 nitrogen and oxygen atoms in total. The molecule has 0 aliphatic rings. The molecule has 0 radical (unpaired) electrons. The third-order valence-corrected chi connectivity index (χ3v) is 5.69. The summed E-state index contributed by atoms with van der Waals surface area (Å²) < 4.78 is 8.74. The van der Waals surface area contributed by atoms with Crippen LogP contribution in [0.1, 0.15) is 22.4 Å². The molecule has 4 aromatic heterocycles. The predicted molar refractivity (Wildman–Crippen MR) is 135 cm³/mol. The van der Waals surface area contributed by atoms with Gasteiger partial charge in [0, 0.05) is 29.7 Å². The van der Waals surface area contributed by atoms with Crippen molar-refractivity contribution in [2.45, 2.75) is 13.1 Å². The highest BCUT2D eigenvalue weighted by Crippen LogP contribution is 2.18. The van der Waals surface area contributed by atoms with Crippen LogP contribution in [0.25, 0.3) is 17.8 Å². The molecule has 37 heavy (non-hydrogen) atoms. The van der Waals surface area contributed by atoms with Crippen LogP contribution in [0.4, 0.5) is 5.69 Å². The molecule has 1 aromatic carbocycles. The molecule has 0 amide bonds. The molecule has 0 fully saturated rings. The molecule has 184 valence electrons. The molecule has 0 saturated carbocycles. The molecule has 0 N–H and O–H groups in total. The summed E-state index contributed by atoms with van der Waals surface area (Å²) >= 11 is 0. The molecule has 0 spiro atoms. The summed E-state index contributed by atoms with van der Waals surface area (Å²) in [4.78, 5) is 42.1. The zero-order chi connectivity index (χ0) is 25.8. The monoisotopic (exact) mass is 496 g/mol. The molecule has 0 unspecified atom stereocenters. The number of para-hydroxylation sites is 1. The van der Waals surface area contributed by atoms with Crippen LogP contribution in [0.2, 0.25) is 0 Å². The van der Waals surface area contributed by atoms with E-state index in [0.717, 1.165) is 10.3 Å². The number of hydrogen-bond donors (Lipinski definition) is 0. The van der Waals surface area contributed by atoms with Gasteiger partial charge in [-0.3, -0.25) is 24.5 Å². The smallest absolute Gasteiger partial charge is 0.357 e. The number of furan rings is 1. The van der Waals surface area contributed by atoms with Crippen LogP contribution in [0.5, 0.6) is 0 Å². The van der Waals surface area contributed by atoms with Gasteiger partial charge in [0.05, 0.1) is 42.4 Å². The fourth-order valence-corrected chi connectivity index (χ4v) is 3.89. The average molecular weight is 496 g/mol. The fourth-order valence-electron chi connectivity index (χ4n) is 3.89. The first-order valence-corrected chi connectivity index (χ1v) is 11.2. The number of nitrogens with zero attached hydrogens (tertiary/aromatic N) is 6. The van der Waals surface area contributed by atoms with E-state index >= 15 is 0 Å². The van der Waals surface area contributed by atoms with E-state index < -0.39 is 21.9 Å². The van der Waals surface area contributed by atoms with Gasteiger partial charge in [-0.25, -0.2) is 14.0 Å². The van der Waals surface area contributed by atoms with Crippen LogP contribution < -0.4 is 11.2 Å². The maximum atomic E-state index is 13.5. The van der Waals surface area contributed by atoms with E-state index in [1.165, 1.54) is 23.2 Å². The van der Waals surface area contributed by atoms with E-state index in [0.29, 0.717) is 16.7 Å². The Bertz CT molecular complexity index is 1680. The zero-order valence-corrected chi connectivity index (χ0v) is 19.4. The molecule has 4 heterocycles. The fraction of sp³-hybridized carbons (Fsp3) is 0.0769. The van der Waals surface area contributed by atoms with Crippen LogP contribution in [-0.2, 0) is 13.1 Å². The lowest BCUT2D eigenvalue weighted by atomic mass is 10.2. The SMILES string of the molecule is O=c1c([N+](=O)[O-])c(C=Cc2cnn(-c3ccccc3)c2)n(Cc2ccncc2)c(=O)n1Cc1ccoc1. The molecular formula is C26H20N6O5. The minimum Gasteiger partial charge on any atom is -0.472 e. The number of hydrogen-bond acceptors (Lipinski definition) is 7.